The minimum absolute atomic E-state index is 0.109. The summed E-state index contributed by atoms with van der Waals surface area (Å²) in [4.78, 5) is 12.9. The van der Waals surface area contributed by atoms with Gasteiger partial charge in [0, 0.05) is 23.1 Å². The van der Waals surface area contributed by atoms with Gasteiger partial charge in [-0.3, -0.25) is 4.79 Å². The summed E-state index contributed by atoms with van der Waals surface area (Å²) in [6.07, 6.45) is 2.65. The van der Waals surface area contributed by atoms with Crippen LogP contribution >= 0.6 is 0 Å². The molecule has 0 fully saturated rings. The minimum atomic E-state index is -0.823. The van der Waals surface area contributed by atoms with Crippen molar-refractivity contribution < 1.29 is 14.3 Å². The summed E-state index contributed by atoms with van der Waals surface area (Å²) in [5.41, 5.74) is -0.0413. The quantitative estimate of drug-likeness (QED) is 0.640. The molecule has 0 heterocycles. The van der Waals surface area contributed by atoms with E-state index in [9.17, 15) is 4.79 Å². The second-order valence-electron chi connectivity index (χ2n) is 6.86. The number of amides is 1. The molecule has 1 amide bonds. The van der Waals surface area contributed by atoms with Crippen molar-refractivity contribution >= 4 is 22.4 Å². The van der Waals surface area contributed by atoms with Gasteiger partial charge in [-0.2, -0.15) is 0 Å². The van der Waals surface area contributed by atoms with Crippen LogP contribution in [0, 0.1) is 0 Å². The number of ether oxygens (including phenoxy) is 2. The van der Waals surface area contributed by atoms with Gasteiger partial charge in [0.1, 0.15) is 11.4 Å². The maximum atomic E-state index is 12.9. The summed E-state index contributed by atoms with van der Waals surface area (Å²) in [5, 5.41) is 5.04. The van der Waals surface area contributed by atoms with E-state index in [2.05, 4.69) is 26.1 Å². The number of carbonyl (C=O) groups is 1. The Kier molecular flexibility index (Phi) is 7.04. The molecule has 0 aromatic heterocycles. The number of hydrogen-bond acceptors (Lipinski definition) is 3. The summed E-state index contributed by atoms with van der Waals surface area (Å²) in [6.45, 7) is 10.5. The molecule has 26 heavy (non-hydrogen) atoms. The van der Waals surface area contributed by atoms with Gasteiger partial charge in [-0.05, 0) is 45.7 Å². The number of carbonyl (C=O) groups excluding carboxylic acids is 1. The van der Waals surface area contributed by atoms with Gasteiger partial charge in [0.2, 0.25) is 0 Å². The molecule has 0 unspecified atom stereocenters. The van der Waals surface area contributed by atoms with Gasteiger partial charge in [0.15, 0.2) is 0 Å². The molecule has 1 N–H and O–H groups in total. The predicted octanol–water partition coefficient (Wildman–Crippen LogP) is 5.55. The predicted molar refractivity (Wildman–Crippen MR) is 108 cm³/mol. The van der Waals surface area contributed by atoms with Crippen LogP contribution in [0.1, 0.15) is 53.9 Å². The van der Waals surface area contributed by atoms with E-state index in [0.717, 1.165) is 35.1 Å². The monoisotopic (exact) mass is 357 g/mol. The lowest BCUT2D eigenvalue weighted by Crippen LogP contribution is -2.42. The number of hydrogen-bond donors (Lipinski definition) is 1. The number of benzene rings is 2. The van der Waals surface area contributed by atoms with Gasteiger partial charge >= 0.3 is 0 Å². The van der Waals surface area contributed by atoms with Crippen molar-refractivity contribution in [2.24, 2.45) is 0 Å². The Morgan fingerprint density at radius 1 is 1.12 bits per heavy atom. The largest absolute Gasteiger partial charge is 0.490 e. The van der Waals surface area contributed by atoms with Gasteiger partial charge in [-0.15, -0.1) is 0 Å². The highest BCUT2D eigenvalue weighted by molar-refractivity contribution is 6.06. The van der Waals surface area contributed by atoms with E-state index in [1.807, 2.05) is 50.2 Å². The van der Waals surface area contributed by atoms with Gasteiger partial charge in [0.05, 0.1) is 6.10 Å². The van der Waals surface area contributed by atoms with Crippen LogP contribution < -0.4 is 10.1 Å². The Balaban J connectivity index is 2.36. The van der Waals surface area contributed by atoms with Crippen LogP contribution in [0.5, 0.6) is 5.75 Å². The van der Waals surface area contributed by atoms with Crippen molar-refractivity contribution in [3.63, 3.8) is 0 Å². The van der Waals surface area contributed by atoms with E-state index >= 15 is 0 Å². The molecule has 2 aromatic rings. The Hall–Kier alpha value is -2.07. The fourth-order valence-electron chi connectivity index (χ4n) is 3.08. The first-order valence-electron chi connectivity index (χ1n) is 9.59. The van der Waals surface area contributed by atoms with E-state index < -0.39 is 5.60 Å². The highest BCUT2D eigenvalue weighted by atomic mass is 16.5. The highest BCUT2D eigenvalue weighted by Crippen LogP contribution is 2.33. The lowest BCUT2D eigenvalue weighted by molar-refractivity contribution is -0.139. The molecule has 0 spiro atoms. The van der Waals surface area contributed by atoms with Crippen molar-refractivity contribution in [1.82, 2.24) is 0 Å². The second kappa shape index (κ2) is 9.04. The molecule has 0 aliphatic carbocycles. The van der Waals surface area contributed by atoms with Crippen molar-refractivity contribution in [3.05, 3.63) is 36.4 Å². The summed E-state index contributed by atoms with van der Waals surface area (Å²) in [7, 11) is 0. The first-order valence-corrected chi connectivity index (χ1v) is 9.59. The minimum Gasteiger partial charge on any atom is -0.490 e. The van der Waals surface area contributed by atoms with Gasteiger partial charge in [0.25, 0.3) is 5.91 Å². The third-order valence-electron chi connectivity index (χ3n) is 4.71. The number of fused-ring (bicyclic) bond motifs is 1. The molecular formula is C22H31NO3. The number of nitrogens with one attached hydrogen (secondary N) is 1. The topological polar surface area (TPSA) is 47.6 Å². The zero-order chi connectivity index (χ0) is 19.2. The molecule has 0 bridgehead atoms. The van der Waals surface area contributed by atoms with Crippen molar-refractivity contribution in [1.29, 1.82) is 0 Å². The van der Waals surface area contributed by atoms with Crippen LogP contribution in [-0.4, -0.2) is 24.2 Å². The van der Waals surface area contributed by atoms with Gasteiger partial charge < -0.3 is 14.8 Å². The van der Waals surface area contributed by atoms with Crippen LogP contribution in [-0.2, 0) is 9.53 Å². The average Bonchev–Trinajstić information content (AvgIpc) is 2.63. The number of rotatable bonds is 9. The van der Waals surface area contributed by atoms with E-state index in [0.29, 0.717) is 13.0 Å². The summed E-state index contributed by atoms with van der Waals surface area (Å²) < 4.78 is 11.8. The first-order chi connectivity index (χ1) is 12.4. The normalized spacial score (nSPS) is 14.7. The Morgan fingerprint density at radius 3 is 2.42 bits per heavy atom. The fraction of sp³-hybridized carbons (Fsp3) is 0.500. The Bertz CT molecular complexity index is 735. The molecule has 4 nitrogen and oxygen atoms in total. The van der Waals surface area contributed by atoms with Crippen molar-refractivity contribution in [2.75, 3.05) is 11.9 Å². The summed E-state index contributed by atoms with van der Waals surface area (Å²) in [6, 6.07) is 11.8. The molecule has 0 aliphatic heterocycles. The van der Waals surface area contributed by atoms with Gasteiger partial charge in [-0.25, -0.2) is 0 Å². The standard InChI is InChI=1S/C22H31NO3/c1-6-15-22(5,25-8-3)21(24)23-19-13-14-20(26-16(4)7-2)18-12-10-9-11-17(18)19/h9-14,16H,6-8,15H2,1-5H3,(H,23,24)/t16-,22-/m1/s1. The first kappa shape index (κ1) is 20.2. The maximum Gasteiger partial charge on any atom is 0.256 e. The molecule has 2 aromatic carbocycles. The molecule has 2 atom stereocenters. The second-order valence-corrected chi connectivity index (χ2v) is 6.86. The molecular weight excluding hydrogens is 326 g/mol. The summed E-state index contributed by atoms with van der Waals surface area (Å²) >= 11 is 0. The Morgan fingerprint density at radius 2 is 1.81 bits per heavy atom. The zero-order valence-corrected chi connectivity index (χ0v) is 16.6. The van der Waals surface area contributed by atoms with E-state index in [-0.39, 0.29) is 12.0 Å². The third-order valence-corrected chi connectivity index (χ3v) is 4.71. The molecule has 0 saturated carbocycles. The van der Waals surface area contributed by atoms with Gasteiger partial charge in [-0.1, -0.05) is 44.5 Å². The average molecular weight is 357 g/mol. The molecule has 0 saturated heterocycles. The third kappa shape index (κ3) is 4.55. The highest BCUT2D eigenvalue weighted by Gasteiger charge is 2.33. The zero-order valence-electron chi connectivity index (χ0n) is 16.6. The van der Waals surface area contributed by atoms with Crippen LogP contribution in [0.3, 0.4) is 0 Å². The molecule has 142 valence electrons. The summed E-state index contributed by atoms with van der Waals surface area (Å²) in [5.74, 6) is 0.732. The fourth-order valence-corrected chi connectivity index (χ4v) is 3.08. The number of anilines is 1. The van der Waals surface area contributed by atoms with Crippen LogP contribution in [0.25, 0.3) is 10.8 Å². The van der Waals surface area contributed by atoms with E-state index in [4.69, 9.17) is 9.47 Å². The van der Waals surface area contributed by atoms with Crippen LogP contribution in [0.2, 0.25) is 0 Å². The molecule has 0 radical (unpaired) electrons. The van der Waals surface area contributed by atoms with Crippen molar-refractivity contribution in [3.8, 4) is 5.75 Å². The maximum absolute atomic E-state index is 12.9. The molecule has 4 heteroatoms. The molecule has 0 aliphatic rings. The van der Waals surface area contributed by atoms with Crippen LogP contribution in [0.15, 0.2) is 36.4 Å². The lowest BCUT2D eigenvalue weighted by Gasteiger charge is -2.28. The SMILES string of the molecule is CCC[C@@](C)(OCC)C(=O)Nc1ccc(O[C@H](C)CC)c2ccccc12. The Labute approximate surface area is 156 Å². The smallest absolute Gasteiger partial charge is 0.256 e. The lowest BCUT2D eigenvalue weighted by atomic mass is 9.98. The molecule has 2 rings (SSSR count). The van der Waals surface area contributed by atoms with Crippen LogP contribution in [0.4, 0.5) is 5.69 Å². The van der Waals surface area contributed by atoms with E-state index in [1.165, 1.54) is 0 Å². The van der Waals surface area contributed by atoms with Crippen molar-refractivity contribution in [2.45, 2.75) is 65.6 Å². The van der Waals surface area contributed by atoms with E-state index in [1.54, 1.807) is 0 Å².